The lowest BCUT2D eigenvalue weighted by Crippen LogP contribution is -2.31. The van der Waals surface area contributed by atoms with Gasteiger partial charge < -0.3 is 20.9 Å². The van der Waals surface area contributed by atoms with Gasteiger partial charge in [0.15, 0.2) is 0 Å². The van der Waals surface area contributed by atoms with E-state index in [0.717, 1.165) is 11.1 Å². The molecule has 0 radical (unpaired) electrons. The summed E-state index contributed by atoms with van der Waals surface area (Å²) in [6, 6.07) is 7.37. The molecule has 1 aromatic carbocycles. The molecule has 1 aliphatic rings. The molecule has 3 unspecified atom stereocenters. The van der Waals surface area contributed by atoms with Gasteiger partial charge in [-0.25, -0.2) is 13.6 Å². The van der Waals surface area contributed by atoms with E-state index in [9.17, 15) is 28.0 Å². The minimum atomic E-state index is -3.65. The second kappa shape index (κ2) is 13.2. The van der Waals surface area contributed by atoms with Crippen LogP contribution < -0.4 is 16.4 Å². The molecule has 0 heterocycles. The average molecular weight is 560 g/mol. The van der Waals surface area contributed by atoms with Crippen LogP contribution in [0, 0.1) is 18.8 Å². The van der Waals surface area contributed by atoms with Crippen molar-refractivity contribution in [3.05, 3.63) is 81.9 Å². The Balaban J connectivity index is 2.22. The molecule has 1 saturated carbocycles. The molecule has 0 bridgehead atoms. The predicted molar refractivity (Wildman–Crippen MR) is 145 cm³/mol. The van der Waals surface area contributed by atoms with Gasteiger partial charge in [-0.1, -0.05) is 43.3 Å². The van der Waals surface area contributed by atoms with E-state index >= 15 is 0 Å². The number of aliphatic carboxylic acids is 1. The monoisotopic (exact) mass is 559 g/mol. The number of Topliss-reactive ketones (excluding diaryl/α,β-unsaturated/α-hetero) is 1. The first-order valence-electron chi connectivity index (χ1n) is 12.6. The molecule has 3 atom stereocenters. The van der Waals surface area contributed by atoms with Crippen LogP contribution in [-0.4, -0.2) is 34.8 Å². The van der Waals surface area contributed by atoms with Crippen molar-refractivity contribution < 1.29 is 37.8 Å². The number of allylic oxidation sites excluding steroid dienone is 6. The van der Waals surface area contributed by atoms with E-state index in [1.165, 1.54) is 26.0 Å². The van der Waals surface area contributed by atoms with Gasteiger partial charge in [0, 0.05) is 11.4 Å². The van der Waals surface area contributed by atoms with Crippen molar-refractivity contribution in [2.75, 3.05) is 0 Å². The largest absolute Gasteiger partial charge is 0.481 e. The number of halogens is 2. The van der Waals surface area contributed by atoms with Crippen molar-refractivity contribution in [3.63, 3.8) is 0 Å². The molecule has 1 aliphatic carbocycles. The van der Waals surface area contributed by atoms with Gasteiger partial charge in [-0.2, -0.15) is 0 Å². The second-order valence-corrected chi connectivity index (χ2v) is 9.60. The van der Waals surface area contributed by atoms with Crippen LogP contribution in [0.15, 0.2) is 70.7 Å². The molecule has 216 valence electrons. The first kappa shape index (κ1) is 31.9. The summed E-state index contributed by atoms with van der Waals surface area (Å²) in [7, 11) is 0. The van der Waals surface area contributed by atoms with Gasteiger partial charge in [0.2, 0.25) is 11.7 Å². The number of hydrogen-bond acceptors (Lipinski definition) is 6. The summed E-state index contributed by atoms with van der Waals surface area (Å²) in [6.07, 6.45) is 3.46. The van der Waals surface area contributed by atoms with Gasteiger partial charge in [0.05, 0.1) is 0 Å². The van der Waals surface area contributed by atoms with Gasteiger partial charge >= 0.3 is 12.1 Å². The van der Waals surface area contributed by atoms with Crippen LogP contribution in [0.1, 0.15) is 58.3 Å². The van der Waals surface area contributed by atoms with Gasteiger partial charge in [-0.15, -0.1) is 0 Å². The van der Waals surface area contributed by atoms with Crippen LogP contribution >= 0.6 is 0 Å². The number of carbonyl (C=O) groups is 4. The fraction of sp³-hybridized carbons (Fsp3) is 0.379. The summed E-state index contributed by atoms with van der Waals surface area (Å²) in [5, 5.41) is 13.7. The zero-order valence-electron chi connectivity index (χ0n) is 23.3. The minimum absolute atomic E-state index is 0.0217. The fourth-order valence-corrected chi connectivity index (χ4v) is 4.07. The molecule has 5 N–H and O–H groups in total. The Bertz CT molecular complexity index is 1310. The van der Waals surface area contributed by atoms with Gasteiger partial charge in [0.1, 0.15) is 23.6 Å². The average Bonchev–Trinajstić information content (AvgIpc) is 3.46. The molecule has 1 aromatic rings. The molecular weight excluding hydrogens is 524 g/mol. The smallest absolute Gasteiger partial charge is 0.412 e. The van der Waals surface area contributed by atoms with Crippen molar-refractivity contribution >= 4 is 23.8 Å². The zero-order chi connectivity index (χ0) is 30.4. The topological polar surface area (TPSA) is 148 Å². The van der Waals surface area contributed by atoms with Gasteiger partial charge in [0.25, 0.3) is 5.92 Å². The van der Waals surface area contributed by atoms with Crippen LogP contribution in [0.25, 0.3) is 0 Å². The third-order valence-corrected chi connectivity index (χ3v) is 6.41. The molecule has 9 nitrogen and oxygen atoms in total. The quantitative estimate of drug-likeness (QED) is 0.225. The number of hydrogen-bond donors (Lipinski definition) is 4. The van der Waals surface area contributed by atoms with Crippen molar-refractivity contribution in [1.82, 2.24) is 10.6 Å². The number of carboxylic acids is 1. The van der Waals surface area contributed by atoms with Crippen LogP contribution in [0.5, 0.6) is 0 Å². The summed E-state index contributed by atoms with van der Waals surface area (Å²) in [5.74, 6) is -11.3. The Morgan fingerprint density at radius 3 is 2.23 bits per heavy atom. The minimum Gasteiger partial charge on any atom is -0.481 e. The zero-order valence-corrected chi connectivity index (χ0v) is 23.3. The molecule has 0 aromatic heterocycles. The molecule has 40 heavy (non-hydrogen) atoms. The maximum Gasteiger partial charge on any atom is 0.412 e. The number of nitrogens with two attached hydrogens (primary N) is 1. The molecule has 0 aliphatic heterocycles. The first-order chi connectivity index (χ1) is 18.6. The molecule has 2 rings (SSSR count). The van der Waals surface area contributed by atoms with E-state index < -0.39 is 47.6 Å². The van der Waals surface area contributed by atoms with Crippen molar-refractivity contribution in [1.29, 1.82) is 0 Å². The van der Waals surface area contributed by atoms with Crippen LogP contribution in [0.4, 0.5) is 13.6 Å². The third kappa shape index (κ3) is 7.64. The SMILES string of the molecule is CC/C=C(C)/C(=C\C=C(/C)C(=O)/C(NC(=O)OC(C)c1ccccc1C)=C(/C)N)NC(=O)C1C(C(=O)O)C1(F)F. The van der Waals surface area contributed by atoms with E-state index in [1.54, 1.807) is 19.9 Å². The molecular formula is C29H35F2N3O6. The number of alkyl halides is 2. The highest BCUT2D eigenvalue weighted by Crippen LogP contribution is 2.55. The lowest BCUT2D eigenvalue weighted by molar-refractivity contribution is -0.141. The highest BCUT2D eigenvalue weighted by Gasteiger charge is 2.76. The Kier molecular flexibility index (Phi) is 10.5. The summed E-state index contributed by atoms with van der Waals surface area (Å²) < 4.78 is 33.1. The number of carbonyl (C=O) groups excluding carboxylic acids is 3. The number of benzene rings is 1. The Hall–Kier alpha value is -4.28. The number of amides is 2. The normalized spacial score (nSPS) is 20.1. The first-order valence-corrected chi connectivity index (χ1v) is 12.6. The number of aryl methyl sites for hydroxylation is 1. The lowest BCUT2D eigenvalue weighted by atomic mass is 10.0. The van der Waals surface area contributed by atoms with E-state index in [-0.39, 0.29) is 22.7 Å². The van der Waals surface area contributed by atoms with Crippen LogP contribution in [-0.2, 0) is 19.1 Å². The molecule has 1 fully saturated rings. The summed E-state index contributed by atoms with van der Waals surface area (Å²) >= 11 is 0. The molecule has 2 amide bonds. The van der Waals surface area contributed by atoms with Crippen molar-refractivity contribution in [3.8, 4) is 0 Å². The maximum atomic E-state index is 13.9. The van der Waals surface area contributed by atoms with E-state index in [4.69, 9.17) is 15.6 Å². The highest BCUT2D eigenvalue weighted by atomic mass is 19.3. The molecule has 0 saturated heterocycles. The number of ether oxygens (including phenoxy) is 1. The predicted octanol–water partition coefficient (Wildman–Crippen LogP) is 4.81. The second-order valence-electron chi connectivity index (χ2n) is 9.60. The highest BCUT2D eigenvalue weighted by molar-refractivity contribution is 6.09. The number of alkyl carbamates (subject to hydrolysis) is 1. The Morgan fingerprint density at radius 1 is 1.07 bits per heavy atom. The van der Waals surface area contributed by atoms with E-state index in [1.807, 2.05) is 38.1 Å². The van der Waals surface area contributed by atoms with Crippen LogP contribution in [0.3, 0.4) is 0 Å². The number of ketones is 1. The van der Waals surface area contributed by atoms with Gasteiger partial charge in [-0.05, 0) is 69.4 Å². The Morgan fingerprint density at radius 2 is 1.70 bits per heavy atom. The lowest BCUT2D eigenvalue weighted by Gasteiger charge is -2.17. The molecule has 0 spiro atoms. The number of rotatable bonds is 11. The summed E-state index contributed by atoms with van der Waals surface area (Å²) in [4.78, 5) is 49.2. The summed E-state index contributed by atoms with van der Waals surface area (Å²) in [6.45, 7) is 9.89. The Labute approximate surface area is 231 Å². The fourth-order valence-electron chi connectivity index (χ4n) is 4.07. The summed E-state index contributed by atoms with van der Waals surface area (Å²) in [5.41, 5.74) is 8.12. The van der Waals surface area contributed by atoms with Gasteiger partial charge in [-0.3, -0.25) is 19.7 Å². The standard InChI is InChI=1S/C29H35F2N3O6/c1-7-10-16(3)21(33-26(36)22-23(27(37)38)29(22,30)31)14-13-17(4)25(35)24(18(5)32)34-28(39)40-19(6)20-12-9-8-11-15(20)2/h8-14,19,22-23H,7,32H2,1-6H3,(H,33,36)(H,34,39)(H,37,38)/b16-10+,17-13+,21-14+,24-18+. The number of carboxylic acid groups (broad SMARTS) is 1. The van der Waals surface area contributed by atoms with E-state index in [2.05, 4.69) is 10.6 Å². The van der Waals surface area contributed by atoms with Crippen molar-refractivity contribution in [2.24, 2.45) is 17.6 Å². The third-order valence-electron chi connectivity index (χ3n) is 6.41. The maximum absolute atomic E-state index is 13.9. The van der Waals surface area contributed by atoms with Crippen LogP contribution in [0.2, 0.25) is 0 Å². The number of nitrogens with one attached hydrogen (secondary N) is 2. The van der Waals surface area contributed by atoms with E-state index in [0.29, 0.717) is 12.0 Å². The molecule has 11 heteroatoms. The van der Waals surface area contributed by atoms with Crippen molar-refractivity contribution in [2.45, 2.75) is 60.0 Å².